The van der Waals surface area contributed by atoms with Crippen molar-refractivity contribution < 1.29 is 23.5 Å². The Labute approximate surface area is 144 Å². The van der Waals surface area contributed by atoms with Gasteiger partial charge in [-0.05, 0) is 40.5 Å². The molecular formula is C17H32O5Si. The van der Waals surface area contributed by atoms with Crippen LogP contribution in [0.25, 0.3) is 0 Å². The SMILES string of the molecule is CCO[SiH3].[CH2]CCCOC(=O)C(=C)C.[CH2]CCOC(=O)C(=C)C. The van der Waals surface area contributed by atoms with E-state index in [9.17, 15) is 9.59 Å². The molecule has 0 aromatic heterocycles. The molecule has 0 saturated carbocycles. The highest BCUT2D eigenvalue weighted by atomic mass is 28.2. The third-order valence-corrected chi connectivity index (χ3v) is 2.57. The fourth-order valence-corrected chi connectivity index (χ4v) is 0.678. The lowest BCUT2D eigenvalue weighted by atomic mass is 10.3. The molecule has 0 atom stereocenters. The van der Waals surface area contributed by atoms with Gasteiger partial charge >= 0.3 is 11.9 Å². The zero-order valence-corrected chi connectivity index (χ0v) is 17.1. The van der Waals surface area contributed by atoms with Gasteiger partial charge in [0.25, 0.3) is 0 Å². The second-order valence-corrected chi connectivity index (χ2v) is 5.05. The zero-order valence-electron chi connectivity index (χ0n) is 15.1. The average Bonchev–Trinajstić information content (AvgIpc) is 2.53. The molecule has 0 aromatic rings. The molecular weight excluding hydrogens is 312 g/mol. The van der Waals surface area contributed by atoms with Crippen LogP contribution in [-0.2, 0) is 23.5 Å². The predicted molar refractivity (Wildman–Crippen MR) is 97.7 cm³/mol. The summed E-state index contributed by atoms with van der Waals surface area (Å²) < 4.78 is 14.1. The number of carbonyl (C=O) groups excluding carboxylic acids is 2. The summed E-state index contributed by atoms with van der Waals surface area (Å²) in [6.07, 6.45) is 2.22. The molecule has 134 valence electrons. The third kappa shape index (κ3) is 25.9. The number of esters is 2. The molecule has 0 heterocycles. The normalized spacial score (nSPS) is 8.74. The molecule has 0 N–H and O–H groups in total. The second-order valence-electron chi connectivity index (χ2n) is 4.47. The first kappa shape index (κ1) is 26.5. The lowest BCUT2D eigenvalue weighted by Crippen LogP contribution is -2.05. The maximum Gasteiger partial charge on any atom is 0.333 e. The largest absolute Gasteiger partial charge is 0.462 e. The van der Waals surface area contributed by atoms with Crippen molar-refractivity contribution in [3.05, 3.63) is 38.2 Å². The minimum Gasteiger partial charge on any atom is -0.462 e. The van der Waals surface area contributed by atoms with Crippen molar-refractivity contribution in [1.82, 2.24) is 0 Å². The summed E-state index contributed by atoms with van der Waals surface area (Å²) in [6, 6.07) is 0. The number of unbranched alkanes of at least 4 members (excludes halogenated alkanes) is 1. The zero-order chi connectivity index (χ0) is 18.7. The van der Waals surface area contributed by atoms with Gasteiger partial charge in [0.15, 0.2) is 0 Å². The van der Waals surface area contributed by atoms with Crippen LogP contribution in [0.2, 0.25) is 0 Å². The number of hydrogen-bond acceptors (Lipinski definition) is 5. The van der Waals surface area contributed by atoms with Gasteiger partial charge in [0.2, 0.25) is 0 Å². The van der Waals surface area contributed by atoms with Crippen LogP contribution in [0.3, 0.4) is 0 Å². The van der Waals surface area contributed by atoms with Gasteiger partial charge < -0.3 is 13.9 Å². The van der Waals surface area contributed by atoms with Crippen LogP contribution in [0.5, 0.6) is 0 Å². The number of rotatable bonds is 8. The molecule has 0 aliphatic rings. The summed E-state index contributed by atoms with van der Waals surface area (Å²) in [7, 11) is 0.890. The van der Waals surface area contributed by atoms with Crippen LogP contribution in [0.4, 0.5) is 0 Å². The van der Waals surface area contributed by atoms with Crippen molar-refractivity contribution in [3.63, 3.8) is 0 Å². The highest BCUT2D eigenvalue weighted by Gasteiger charge is 2.00. The first-order valence-corrected chi connectivity index (χ1v) is 8.32. The minimum atomic E-state index is -0.335. The Morgan fingerprint density at radius 3 is 1.57 bits per heavy atom. The fraction of sp³-hybridized carbons (Fsp3) is 0.529. The maximum atomic E-state index is 10.7. The molecule has 23 heavy (non-hydrogen) atoms. The van der Waals surface area contributed by atoms with Crippen LogP contribution < -0.4 is 0 Å². The van der Waals surface area contributed by atoms with E-state index in [0.29, 0.717) is 30.8 Å². The van der Waals surface area contributed by atoms with Crippen molar-refractivity contribution in [1.29, 1.82) is 0 Å². The maximum absolute atomic E-state index is 10.7. The molecule has 0 saturated heterocycles. The van der Waals surface area contributed by atoms with E-state index >= 15 is 0 Å². The van der Waals surface area contributed by atoms with Gasteiger partial charge in [-0.1, -0.05) is 26.5 Å². The Morgan fingerprint density at radius 2 is 1.30 bits per heavy atom. The summed E-state index contributed by atoms with van der Waals surface area (Å²) in [5.41, 5.74) is 0.882. The predicted octanol–water partition coefficient (Wildman–Crippen LogP) is 2.35. The van der Waals surface area contributed by atoms with Crippen LogP contribution in [-0.4, -0.2) is 42.2 Å². The van der Waals surface area contributed by atoms with Gasteiger partial charge in [0.05, 0.1) is 13.2 Å². The fourth-order valence-electron chi connectivity index (χ4n) is 0.678. The molecule has 0 rings (SSSR count). The van der Waals surface area contributed by atoms with E-state index in [1.165, 1.54) is 0 Å². The van der Waals surface area contributed by atoms with E-state index < -0.39 is 0 Å². The van der Waals surface area contributed by atoms with E-state index in [1.807, 2.05) is 6.92 Å². The lowest BCUT2D eigenvalue weighted by molar-refractivity contribution is -0.139. The van der Waals surface area contributed by atoms with Gasteiger partial charge in [-0.15, -0.1) is 0 Å². The Morgan fingerprint density at radius 1 is 0.913 bits per heavy atom. The van der Waals surface area contributed by atoms with Crippen molar-refractivity contribution >= 4 is 22.4 Å². The summed E-state index contributed by atoms with van der Waals surface area (Å²) >= 11 is 0. The van der Waals surface area contributed by atoms with Crippen LogP contribution in [0, 0.1) is 13.8 Å². The molecule has 0 amide bonds. The van der Waals surface area contributed by atoms with Gasteiger partial charge in [0.1, 0.15) is 10.5 Å². The van der Waals surface area contributed by atoms with Gasteiger partial charge in [-0.2, -0.15) is 0 Å². The van der Waals surface area contributed by atoms with E-state index in [0.717, 1.165) is 29.9 Å². The van der Waals surface area contributed by atoms with E-state index in [4.69, 9.17) is 4.74 Å². The van der Waals surface area contributed by atoms with Crippen molar-refractivity contribution in [2.24, 2.45) is 0 Å². The molecule has 0 spiro atoms. The highest BCUT2D eigenvalue weighted by molar-refractivity contribution is 5.97. The van der Waals surface area contributed by atoms with Crippen molar-refractivity contribution in [2.75, 3.05) is 19.8 Å². The van der Waals surface area contributed by atoms with Gasteiger partial charge in [-0.25, -0.2) is 9.59 Å². The van der Waals surface area contributed by atoms with Crippen LogP contribution >= 0.6 is 0 Å². The number of carbonyl (C=O) groups is 2. The molecule has 0 bridgehead atoms. The lowest BCUT2D eigenvalue weighted by Gasteiger charge is -2.01. The molecule has 0 unspecified atom stereocenters. The van der Waals surface area contributed by atoms with Gasteiger partial charge in [-0.3, -0.25) is 0 Å². The molecule has 0 aromatic carbocycles. The second kappa shape index (κ2) is 20.6. The van der Waals surface area contributed by atoms with E-state index in [1.54, 1.807) is 13.8 Å². The highest BCUT2D eigenvalue weighted by Crippen LogP contribution is 1.94. The van der Waals surface area contributed by atoms with Crippen molar-refractivity contribution in [2.45, 2.75) is 40.0 Å². The minimum absolute atomic E-state index is 0.312. The van der Waals surface area contributed by atoms with Crippen molar-refractivity contribution in [3.8, 4) is 0 Å². The molecule has 6 heteroatoms. The Bertz CT molecular complexity index is 338. The average molecular weight is 345 g/mol. The Balaban J connectivity index is -0.000000284. The summed E-state index contributed by atoms with van der Waals surface area (Å²) in [6.45, 7) is 20.9. The summed E-state index contributed by atoms with van der Waals surface area (Å²) in [5, 5.41) is 0. The standard InChI is InChI=1S/C8H13O2.C7H11O2.C2H8OSi/c1-4-5-6-10-8(9)7(2)3;1-4-5-9-7(8)6(2)3;1-2-3-4/h1-2,4-6H2,3H3;1-2,4-5H2,3H3;2H2,1,4H3. The quantitative estimate of drug-likeness (QED) is 0.293. The summed E-state index contributed by atoms with van der Waals surface area (Å²) in [5.74, 6) is -0.646. The summed E-state index contributed by atoms with van der Waals surface area (Å²) in [4.78, 5) is 21.2. The topological polar surface area (TPSA) is 61.8 Å². The monoisotopic (exact) mass is 344 g/mol. The van der Waals surface area contributed by atoms with E-state index in [-0.39, 0.29) is 11.9 Å². The molecule has 2 radical (unpaired) electrons. The Kier molecular flexibility index (Phi) is 23.7. The smallest absolute Gasteiger partial charge is 0.333 e. The number of hydrogen-bond donors (Lipinski definition) is 0. The third-order valence-electron chi connectivity index (χ3n) is 1.99. The molecule has 0 aliphatic heterocycles. The Hall–Kier alpha value is -1.40. The van der Waals surface area contributed by atoms with Gasteiger partial charge in [0, 0.05) is 17.8 Å². The van der Waals surface area contributed by atoms with Crippen LogP contribution in [0.15, 0.2) is 24.3 Å². The molecule has 5 nitrogen and oxygen atoms in total. The van der Waals surface area contributed by atoms with Crippen LogP contribution in [0.1, 0.15) is 40.0 Å². The first-order valence-electron chi connectivity index (χ1n) is 7.50. The molecule has 0 fully saturated rings. The van der Waals surface area contributed by atoms with E-state index in [2.05, 4.69) is 36.2 Å². The molecule has 0 aliphatic carbocycles. The first-order chi connectivity index (χ1) is 10.8. The number of ether oxygens (including phenoxy) is 2.